The van der Waals surface area contributed by atoms with E-state index in [-0.39, 0.29) is 28.6 Å². The van der Waals surface area contributed by atoms with Crippen molar-refractivity contribution in [3.8, 4) is 5.75 Å². The number of esters is 1. The van der Waals surface area contributed by atoms with E-state index < -0.39 is 22.9 Å². The highest BCUT2D eigenvalue weighted by Crippen LogP contribution is 2.35. The van der Waals surface area contributed by atoms with Crippen molar-refractivity contribution in [3.63, 3.8) is 0 Å². The Morgan fingerprint density at radius 3 is 2.73 bits per heavy atom. The molecule has 0 radical (unpaired) electrons. The molecule has 0 spiro atoms. The summed E-state index contributed by atoms with van der Waals surface area (Å²) in [6.45, 7) is -0.497. The minimum absolute atomic E-state index is 0.0811. The molecule has 1 heterocycles. The van der Waals surface area contributed by atoms with Crippen molar-refractivity contribution in [2.45, 2.75) is 6.54 Å². The predicted molar refractivity (Wildman–Crippen MR) is 115 cm³/mol. The first-order valence-corrected chi connectivity index (χ1v) is 10.5. The summed E-state index contributed by atoms with van der Waals surface area (Å²) in [6, 6.07) is 9.12. The van der Waals surface area contributed by atoms with Gasteiger partial charge in [0.05, 0.1) is 23.0 Å². The fraction of sp³-hybridized carbons (Fsp3) is 0.150. The van der Waals surface area contributed by atoms with Crippen molar-refractivity contribution in [1.82, 2.24) is 4.90 Å². The lowest BCUT2D eigenvalue weighted by molar-refractivity contribution is -0.142. The Hall–Kier alpha value is -2.36. The standard InChI is InChI=1S/C20H14BrClFNO5S/c1-28-18(25)10-29-16-6-5-11(7-13(16)21)8-17-19(26)24(20(27)30-17)9-12-14(22)3-2-4-15(12)23/h2-8H,9-10H2,1H3/b17-8-. The van der Waals surface area contributed by atoms with Crippen LogP contribution in [0.15, 0.2) is 45.8 Å². The first-order chi connectivity index (χ1) is 14.3. The highest BCUT2D eigenvalue weighted by Gasteiger charge is 2.35. The van der Waals surface area contributed by atoms with Gasteiger partial charge in [-0.3, -0.25) is 14.5 Å². The van der Waals surface area contributed by atoms with Gasteiger partial charge in [-0.1, -0.05) is 23.7 Å². The zero-order valence-electron chi connectivity index (χ0n) is 15.5. The number of benzene rings is 2. The van der Waals surface area contributed by atoms with E-state index >= 15 is 0 Å². The van der Waals surface area contributed by atoms with Gasteiger partial charge in [-0.15, -0.1) is 0 Å². The number of ether oxygens (including phenoxy) is 2. The lowest BCUT2D eigenvalue weighted by atomic mass is 10.2. The molecule has 0 aliphatic carbocycles. The molecule has 2 aromatic carbocycles. The molecular weight excluding hydrogens is 501 g/mol. The van der Waals surface area contributed by atoms with Crippen LogP contribution in [-0.2, 0) is 20.9 Å². The maximum Gasteiger partial charge on any atom is 0.343 e. The van der Waals surface area contributed by atoms with Gasteiger partial charge >= 0.3 is 5.97 Å². The lowest BCUT2D eigenvalue weighted by Crippen LogP contribution is -2.28. The summed E-state index contributed by atoms with van der Waals surface area (Å²) in [5, 5.41) is -0.368. The van der Waals surface area contributed by atoms with Crippen LogP contribution in [0.4, 0.5) is 9.18 Å². The van der Waals surface area contributed by atoms with Crippen molar-refractivity contribution >= 4 is 62.5 Å². The summed E-state index contributed by atoms with van der Waals surface area (Å²) >= 11 is 10.1. The second kappa shape index (κ2) is 9.63. The van der Waals surface area contributed by atoms with Gasteiger partial charge in [0.1, 0.15) is 11.6 Å². The first-order valence-electron chi connectivity index (χ1n) is 8.47. The van der Waals surface area contributed by atoms with E-state index in [1.165, 1.54) is 25.3 Å². The third-order valence-corrected chi connectivity index (χ3v) is 5.96. The molecule has 0 saturated carbocycles. The van der Waals surface area contributed by atoms with Crippen LogP contribution in [0.2, 0.25) is 5.02 Å². The van der Waals surface area contributed by atoms with Crippen LogP contribution >= 0.6 is 39.3 Å². The van der Waals surface area contributed by atoms with E-state index in [4.69, 9.17) is 16.3 Å². The van der Waals surface area contributed by atoms with Crippen molar-refractivity contribution in [3.05, 3.63) is 67.7 Å². The normalized spacial score (nSPS) is 15.1. The van der Waals surface area contributed by atoms with Crippen LogP contribution in [0.1, 0.15) is 11.1 Å². The molecule has 10 heteroatoms. The molecule has 0 bridgehead atoms. The molecule has 0 N–H and O–H groups in total. The summed E-state index contributed by atoms with van der Waals surface area (Å²) in [4.78, 5) is 37.3. The lowest BCUT2D eigenvalue weighted by Gasteiger charge is -2.14. The molecule has 30 heavy (non-hydrogen) atoms. The number of rotatable bonds is 6. The molecular formula is C20H14BrClFNO5S. The fourth-order valence-electron chi connectivity index (χ4n) is 2.55. The zero-order valence-corrected chi connectivity index (χ0v) is 18.6. The van der Waals surface area contributed by atoms with Crippen LogP contribution in [0.5, 0.6) is 5.75 Å². The quantitative estimate of drug-likeness (QED) is 0.398. The van der Waals surface area contributed by atoms with Gasteiger partial charge in [0.2, 0.25) is 0 Å². The molecule has 1 aliphatic rings. The van der Waals surface area contributed by atoms with Gasteiger partial charge in [0.25, 0.3) is 11.1 Å². The van der Waals surface area contributed by atoms with E-state index in [0.29, 0.717) is 15.8 Å². The predicted octanol–water partition coefficient (Wildman–Crippen LogP) is 5.03. The average Bonchev–Trinajstić information content (AvgIpc) is 2.97. The largest absolute Gasteiger partial charge is 0.481 e. The Bertz CT molecular complexity index is 1040. The maximum atomic E-state index is 14.0. The molecule has 1 saturated heterocycles. The van der Waals surface area contributed by atoms with Crippen molar-refractivity contribution in [2.75, 3.05) is 13.7 Å². The Balaban J connectivity index is 1.77. The monoisotopic (exact) mass is 513 g/mol. The van der Waals surface area contributed by atoms with Gasteiger partial charge in [0, 0.05) is 10.6 Å². The number of methoxy groups -OCH3 is 1. The molecule has 3 rings (SSSR count). The van der Waals surface area contributed by atoms with Crippen LogP contribution in [0.25, 0.3) is 6.08 Å². The number of imide groups is 1. The molecule has 0 atom stereocenters. The van der Waals surface area contributed by atoms with E-state index in [2.05, 4.69) is 20.7 Å². The number of hydrogen-bond donors (Lipinski definition) is 0. The Kier molecular flexibility index (Phi) is 7.17. The molecule has 1 fully saturated rings. The summed E-state index contributed by atoms with van der Waals surface area (Å²) < 4.78 is 24.4. The number of amides is 2. The van der Waals surface area contributed by atoms with Crippen molar-refractivity contribution in [2.24, 2.45) is 0 Å². The number of thioether (sulfide) groups is 1. The van der Waals surface area contributed by atoms with Crippen LogP contribution < -0.4 is 4.74 Å². The Morgan fingerprint density at radius 1 is 1.30 bits per heavy atom. The zero-order chi connectivity index (χ0) is 21.8. The molecule has 2 aromatic rings. The minimum atomic E-state index is -0.586. The van der Waals surface area contributed by atoms with Gasteiger partial charge in [-0.2, -0.15) is 0 Å². The second-order valence-electron chi connectivity index (χ2n) is 6.02. The molecule has 1 aliphatic heterocycles. The minimum Gasteiger partial charge on any atom is -0.481 e. The van der Waals surface area contributed by atoms with Crippen molar-refractivity contribution in [1.29, 1.82) is 0 Å². The third-order valence-electron chi connectivity index (χ3n) is 4.08. The van der Waals surface area contributed by atoms with Gasteiger partial charge in [-0.25, -0.2) is 9.18 Å². The number of carbonyl (C=O) groups excluding carboxylic acids is 3. The van der Waals surface area contributed by atoms with E-state index in [0.717, 1.165) is 16.7 Å². The second-order valence-corrected chi connectivity index (χ2v) is 8.28. The molecule has 6 nitrogen and oxygen atoms in total. The number of hydrogen-bond acceptors (Lipinski definition) is 6. The molecule has 156 valence electrons. The molecule has 2 amide bonds. The van der Waals surface area contributed by atoms with Gasteiger partial charge in [-0.05, 0) is 63.6 Å². The highest BCUT2D eigenvalue weighted by molar-refractivity contribution is 9.10. The van der Waals surface area contributed by atoms with Crippen LogP contribution in [0.3, 0.4) is 0 Å². The topological polar surface area (TPSA) is 72.9 Å². The third kappa shape index (κ3) is 5.03. The highest BCUT2D eigenvalue weighted by atomic mass is 79.9. The average molecular weight is 515 g/mol. The Labute approximate surface area is 189 Å². The number of halogens is 3. The molecule has 0 unspecified atom stereocenters. The maximum absolute atomic E-state index is 14.0. The SMILES string of the molecule is COC(=O)COc1ccc(/C=C2\SC(=O)N(Cc3c(F)cccc3Cl)C2=O)cc1Br. The summed E-state index contributed by atoms with van der Waals surface area (Å²) in [6.07, 6.45) is 1.54. The smallest absolute Gasteiger partial charge is 0.343 e. The van der Waals surface area contributed by atoms with Crippen LogP contribution in [-0.4, -0.2) is 35.7 Å². The van der Waals surface area contributed by atoms with E-state index in [1.807, 2.05) is 0 Å². The van der Waals surface area contributed by atoms with E-state index in [9.17, 15) is 18.8 Å². The summed E-state index contributed by atoms with van der Waals surface area (Å²) in [5.74, 6) is -1.22. The first kappa shape index (κ1) is 22.3. The van der Waals surface area contributed by atoms with E-state index in [1.54, 1.807) is 24.3 Å². The Morgan fingerprint density at radius 2 is 2.07 bits per heavy atom. The number of carbonyl (C=O) groups is 3. The van der Waals surface area contributed by atoms with Crippen molar-refractivity contribution < 1.29 is 28.2 Å². The number of nitrogens with zero attached hydrogens (tertiary/aromatic N) is 1. The summed E-state index contributed by atoms with van der Waals surface area (Å²) in [7, 11) is 1.26. The summed E-state index contributed by atoms with van der Waals surface area (Å²) in [5.41, 5.74) is 0.708. The fourth-order valence-corrected chi connectivity index (χ4v) is 4.12. The van der Waals surface area contributed by atoms with Crippen LogP contribution in [0, 0.1) is 5.82 Å². The van der Waals surface area contributed by atoms with Gasteiger partial charge in [0.15, 0.2) is 6.61 Å². The molecule has 0 aromatic heterocycles. The van der Waals surface area contributed by atoms with Gasteiger partial charge < -0.3 is 9.47 Å².